The highest BCUT2D eigenvalue weighted by Crippen LogP contribution is 2.25. The van der Waals surface area contributed by atoms with Crippen molar-refractivity contribution in [3.05, 3.63) is 89.5 Å². The lowest BCUT2D eigenvalue weighted by atomic mass is 9.87. The first-order valence-corrected chi connectivity index (χ1v) is 14.0. The third-order valence-electron chi connectivity index (χ3n) is 6.02. The average Bonchev–Trinajstić information content (AvgIpc) is 2.82. The van der Waals surface area contributed by atoms with Crippen molar-refractivity contribution < 1.29 is 18.0 Å². The van der Waals surface area contributed by atoms with Gasteiger partial charge in [0.2, 0.25) is 15.9 Å². The van der Waals surface area contributed by atoms with Crippen LogP contribution >= 0.6 is 0 Å². The largest absolute Gasteiger partial charge is 0.324 e. The van der Waals surface area contributed by atoms with E-state index in [1.165, 1.54) is 0 Å². The summed E-state index contributed by atoms with van der Waals surface area (Å²) < 4.78 is 26.5. The number of nitrogens with zero attached hydrogens (tertiary/aromatic N) is 1. The Hall–Kier alpha value is -3.65. The van der Waals surface area contributed by atoms with Gasteiger partial charge in [-0.25, -0.2) is 8.42 Å². The fourth-order valence-electron chi connectivity index (χ4n) is 3.98. The van der Waals surface area contributed by atoms with E-state index in [4.69, 9.17) is 0 Å². The normalized spacial score (nSPS) is 12.5. The molecule has 8 heteroatoms. The van der Waals surface area contributed by atoms with Gasteiger partial charge >= 0.3 is 0 Å². The summed E-state index contributed by atoms with van der Waals surface area (Å²) in [5.74, 6) is -0.729. The van der Waals surface area contributed by atoms with E-state index >= 15 is 0 Å². The fraction of sp³-hybridized carbons (Fsp3) is 0.310. The zero-order chi connectivity index (χ0) is 27.4. The molecule has 0 saturated carbocycles. The summed E-state index contributed by atoms with van der Waals surface area (Å²) in [4.78, 5) is 26.0. The Morgan fingerprint density at radius 3 is 1.97 bits per heavy atom. The van der Waals surface area contributed by atoms with Crippen LogP contribution in [-0.4, -0.2) is 32.5 Å². The van der Waals surface area contributed by atoms with Crippen LogP contribution in [0.5, 0.6) is 0 Å². The maximum atomic E-state index is 13.2. The van der Waals surface area contributed by atoms with Crippen molar-refractivity contribution in [1.29, 1.82) is 0 Å². The van der Waals surface area contributed by atoms with Crippen molar-refractivity contribution in [2.75, 3.05) is 21.2 Å². The molecule has 0 spiro atoms. The molecule has 7 nitrogen and oxygen atoms in total. The SMILES string of the molecule is CC[C@H](C(=O)Nc1cccc(NC(=O)c2ccc(C(C)(C)C)cc2)c1)N(c1ccc(C)cc1)S(C)(=O)=O. The van der Waals surface area contributed by atoms with Crippen molar-refractivity contribution >= 4 is 38.9 Å². The molecule has 3 aromatic rings. The lowest BCUT2D eigenvalue weighted by molar-refractivity contribution is -0.117. The molecule has 1 atom stereocenters. The van der Waals surface area contributed by atoms with Crippen LogP contribution in [0.3, 0.4) is 0 Å². The highest BCUT2D eigenvalue weighted by atomic mass is 32.2. The summed E-state index contributed by atoms with van der Waals surface area (Å²) in [5, 5.41) is 5.66. The minimum Gasteiger partial charge on any atom is -0.324 e. The Kier molecular flexibility index (Phi) is 8.43. The first-order valence-electron chi connectivity index (χ1n) is 12.2. The number of aryl methyl sites for hydroxylation is 1. The minimum atomic E-state index is -3.73. The molecule has 37 heavy (non-hydrogen) atoms. The maximum absolute atomic E-state index is 13.2. The number of hydrogen-bond acceptors (Lipinski definition) is 4. The van der Waals surface area contributed by atoms with Gasteiger partial charge in [-0.1, -0.05) is 63.6 Å². The molecule has 0 saturated heterocycles. The molecule has 0 bridgehead atoms. The number of carbonyl (C=O) groups excluding carboxylic acids is 2. The van der Waals surface area contributed by atoms with E-state index in [2.05, 4.69) is 31.4 Å². The van der Waals surface area contributed by atoms with Crippen LogP contribution in [0.2, 0.25) is 0 Å². The average molecular weight is 522 g/mol. The highest BCUT2D eigenvalue weighted by molar-refractivity contribution is 7.92. The van der Waals surface area contributed by atoms with E-state index in [-0.39, 0.29) is 17.7 Å². The predicted octanol–water partition coefficient (Wildman–Crippen LogP) is 5.73. The molecular formula is C29H35N3O4S. The lowest BCUT2D eigenvalue weighted by Gasteiger charge is -2.30. The third-order valence-corrected chi connectivity index (χ3v) is 7.20. The molecule has 0 aliphatic heterocycles. The molecule has 0 aliphatic rings. The standard InChI is InChI=1S/C29H35N3O4S/c1-7-26(32(37(6,35)36)25-17-11-20(2)12-18-25)28(34)31-24-10-8-9-23(19-24)30-27(33)21-13-15-22(16-14-21)29(3,4)5/h8-19,26H,7H2,1-6H3,(H,30,33)(H,31,34)/t26-/m1/s1. The van der Waals surface area contributed by atoms with Gasteiger partial charge in [0.25, 0.3) is 5.91 Å². The van der Waals surface area contributed by atoms with E-state index in [0.717, 1.165) is 21.7 Å². The Morgan fingerprint density at radius 2 is 1.46 bits per heavy atom. The Balaban J connectivity index is 1.77. The molecule has 0 heterocycles. The van der Waals surface area contributed by atoms with Crippen LogP contribution < -0.4 is 14.9 Å². The first-order chi connectivity index (χ1) is 17.3. The van der Waals surface area contributed by atoms with Gasteiger partial charge in [0.05, 0.1) is 11.9 Å². The Bertz CT molecular complexity index is 1360. The molecule has 0 fully saturated rings. The van der Waals surface area contributed by atoms with Crippen LogP contribution in [0.1, 0.15) is 55.6 Å². The fourth-order valence-corrected chi connectivity index (χ4v) is 5.19. The second kappa shape index (κ2) is 11.2. The van der Waals surface area contributed by atoms with Crippen molar-refractivity contribution in [3.8, 4) is 0 Å². The quantitative estimate of drug-likeness (QED) is 0.396. The third kappa shape index (κ3) is 7.20. The lowest BCUT2D eigenvalue weighted by Crippen LogP contribution is -2.47. The van der Waals surface area contributed by atoms with E-state index < -0.39 is 22.0 Å². The minimum absolute atomic E-state index is 0.00989. The van der Waals surface area contributed by atoms with Crippen LogP contribution in [-0.2, 0) is 20.2 Å². The number of carbonyl (C=O) groups is 2. The smallest absolute Gasteiger partial charge is 0.255 e. The molecular weight excluding hydrogens is 486 g/mol. The monoisotopic (exact) mass is 521 g/mol. The summed E-state index contributed by atoms with van der Waals surface area (Å²) in [5.41, 5.74) is 4.01. The zero-order valence-electron chi connectivity index (χ0n) is 22.2. The van der Waals surface area contributed by atoms with Gasteiger partial charge in [-0.3, -0.25) is 13.9 Å². The molecule has 196 valence electrons. The van der Waals surface area contributed by atoms with Crippen LogP contribution in [0.25, 0.3) is 0 Å². The summed E-state index contributed by atoms with van der Waals surface area (Å²) in [6.07, 6.45) is 1.36. The van der Waals surface area contributed by atoms with Gasteiger partial charge < -0.3 is 10.6 Å². The van der Waals surface area contributed by atoms with Crippen molar-refractivity contribution in [3.63, 3.8) is 0 Å². The second-order valence-corrected chi connectivity index (χ2v) is 12.0. The molecule has 0 aromatic heterocycles. The van der Waals surface area contributed by atoms with E-state index in [0.29, 0.717) is 22.6 Å². The van der Waals surface area contributed by atoms with Gasteiger partial charge in [-0.05, 0) is 66.8 Å². The highest BCUT2D eigenvalue weighted by Gasteiger charge is 2.31. The van der Waals surface area contributed by atoms with Crippen molar-refractivity contribution in [2.45, 2.75) is 52.5 Å². The van der Waals surface area contributed by atoms with Crippen LogP contribution in [0.15, 0.2) is 72.8 Å². The molecule has 2 N–H and O–H groups in total. The molecule has 3 aromatic carbocycles. The van der Waals surface area contributed by atoms with Gasteiger partial charge in [0.15, 0.2) is 0 Å². The Morgan fingerprint density at radius 1 is 0.892 bits per heavy atom. The van der Waals surface area contributed by atoms with Crippen molar-refractivity contribution in [2.24, 2.45) is 0 Å². The summed E-state index contributed by atoms with van der Waals surface area (Å²) >= 11 is 0. The van der Waals surface area contributed by atoms with Gasteiger partial charge in [-0.2, -0.15) is 0 Å². The number of rotatable bonds is 8. The van der Waals surface area contributed by atoms with Gasteiger partial charge in [0.1, 0.15) is 6.04 Å². The summed E-state index contributed by atoms with van der Waals surface area (Å²) in [6, 6.07) is 20.3. The molecule has 2 amide bonds. The van der Waals surface area contributed by atoms with E-state index in [9.17, 15) is 18.0 Å². The van der Waals surface area contributed by atoms with Crippen molar-refractivity contribution in [1.82, 2.24) is 0 Å². The van der Waals surface area contributed by atoms with Gasteiger partial charge in [0, 0.05) is 16.9 Å². The number of sulfonamides is 1. The number of nitrogens with one attached hydrogen (secondary N) is 2. The summed E-state index contributed by atoms with van der Waals surface area (Å²) in [7, 11) is -3.73. The molecule has 0 unspecified atom stereocenters. The topological polar surface area (TPSA) is 95.6 Å². The molecule has 0 aliphatic carbocycles. The second-order valence-electron chi connectivity index (χ2n) is 10.2. The number of anilines is 3. The first kappa shape index (κ1) is 27.9. The van der Waals surface area contributed by atoms with Crippen LogP contribution in [0, 0.1) is 6.92 Å². The van der Waals surface area contributed by atoms with Crippen LogP contribution in [0.4, 0.5) is 17.1 Å². The zero-order valence-corrected chi connectivity index (χ0v) is 23.0. The van der Waals surface area contributed by atoms with E-state index in [1.54, 1.807) is 67.6 Å². The molecule has 0 radical (unpaired) electrons. The van der Waals surface area contributed by atoms with Gasteiger partial charge in [-0.15, -0.1) is 0 Å². The summed E-state index contributed by atoms with van der Waals surface area (Å²) in [6.45, 7) is 10.0. The number of hydrogen-bond donors (Lipinski definition) is 2. The predicted molar refractivity (Wildman–Crippen MR) is 151 cm³/mol. The maximum Gasteiger partial charge on any atom is 0.255 e. The number of benzene rings is 3. The molecule has 3 rings (SSSR count). The van der Waals surface area contributed by atoms with E-state index in [1.807, 2.05) is 19.1 Å². The number of amides is 2. The Labute approximate surface area is 220 Å².